The minimum Gasteiger partial charge on any atom is -0.512 e. The number of furan rings is 1. The fourth-order valence-corrected chi connectivity index (χ4v) is 6.75. The summed E-state index contributed by atoms with van der Waals surface area (Å²) in [5, 5.41) is 13.5. The molecule has 7 rings (SSSR count). The van der Waals surface area contributed by atoms with Crippen LogP contribution in [-0.2, 0) is 37.7 Å². The summed E-state index contributed by atoms with van der Waals surface area (Å²) in [6.07, 6.45) is 12.3. The number of aliphatic hydroxyl groups excluding tert-OH is 1. The summed E-state index contributed by atoms with van der Waals surface area (Å²) in [6, 6.07) is 28.9. The normalized spacial score (nSPS) is 12.8. The summed E-state index contributed by atoms with van der Waals surface area (Å²) >= 11 is 0. The number of carbonyl (C=O) groups excluding carboxylic acids is 1. The summed E-state index contributed by atoms with van der Waals surface area (Å²) in [5.41, 5.74) is 7.99. The quantitative estimate of drug-likeness (QED) is 0.0890. The predicted octanol–water partition coefficient (Wildman–Crippen LogP) is 11.9. The third kappa shape index (κ3) is 7.36. The smallest absolute Gasteiger partial charge is 0.164 e. The van der Waals surface area contributed by atoms with E-state index in [9.17, 15) is 9.90 Å². The van der Waals surface area contributed by atoms with Crippen molar-refractivity contribution in [2.75, 3.05) is 0 Å². The molecular weight excluding hydrogens is 809 g/mol. The van der Waals surface area contributed by atoms with Crippen molar-refractivity contribution >= 4 is 27.5 Å². The van der Waals surface area contributed by atoms with E-state index in [1.165, 1.54) is 33.7 Å². The molecule has 0 amide bonds. The van der Waals surface area contributed by atoms with Crippen molar-refractivity contribution in [3.05, 3.63) is 121 Å². The van der Waals surface area contributed by atoms with Crippen molar-refractivity contribution in [3.8, 4) is 33.5 Å². The molecule has 3 heterocycles. The number of aryl methyl sites for hydroxylation is 2. The minimum absolute atomic E-state index is 0. The second-order valence-electron chi connectivity index (χ2n) is 13.9. The van der Waals surface area contributed by atoms with Gasteiger partial charge in [-0.15, -0.1) is 23.6 Å². The Kier molecular flexibility index (Phi) is 11.8. The molecule has 51 heavy (non-hydrogen) atoms. The van der Waals surface area contributed by atoms with Gasteiger partial charge in [0.2, 0.25) is 0 Å². The maximum atomic E-state index is 12.2. The van der Waals surface area contributed by atoms with Crippen LogP contribution >= 0.6 is 0 Å². The molecule has 3 aromatic carbocycles. The molecule has 0 saturated heterocycles. The zero-order chi connectivity index (χ0) is 35.5. The number of aromatic nitrogens is 2. The van der Waals surface area contributed by atoms with Gasteiger partial charge >= 0.3 is 0 Å². The van der Waals surface area contributed by atoms with Crippen molar-refractivity contribution in [1.82, 2.24) is 9.97 Å². The zero-order valence-corrected chi connectivity index (χ0v) is 32.9. The average molecular weight is 856 g/mol. The van der Waals surface area contributed by atoms with E-state index >= 15 is 0 Å². The summed E-state index contributed by atoms with van der Waals surface area (Å²) in [4.78, 5) is 21.3. The number of nitrogens with zero attached hydrogens (tertiary/aromatic N) is 2. The van der Waals surface area contributed by atoms with Crippen LogP contribution in [0.2, 0.25) is 0 Å². The van der Waals surface area contributed by atoms with Gasteiger partial charge in [-0.1, -0.05) is 107 Å². The number of carbonyl (C=O) groups is 1. The van der Waals surface area contributed by atoms with Gasteiger partial charge in [0.1, 0.15) is 17.1 Å². The number of fused-ring (bicyclic) bond motifs is 6. The van der Waals surface area contributed by atoms with E-state index in [2.05, 4.69) is 77.8 Å². The molecule has 3 aromatic heterocycles. The maximum Gasteiger partial charge on any atom is 0.164 e. The van der Waals surface area contributed by atoms with E-state index < -0.39 is 0 Å². The first-order chi connectivity index (χ1) is 24.2. The third-order valence-electron chi connectivity index (χ3n) is 11.2. The number of benzene rings is 3. The van der Waals surface area contributed by atoms with Gasteiger partial charge in [-0.25, -0.2) is 0 Å². The van der Waals surface area contributed by atoms with Gasteiger partial charge in [-0.05, 0) is 55.4 Å². The molecule has 0 aliphatic heterocycles. The Bertz CT molecular complexity index is 2180. The van der Waals surface area contributed by atoms with Crippen LogP contribution in [0.1, 0.15) is 78.5 Å². The van der Waals surface area contributed by atoms with Crippen LogP contribution in [0.15, 0.2) is 108 Å². The summed E-state index contributed by atoms with van der Waals surface area (Å²) in [7, 11) is 0. The largest absolute Gasteiger partial charge is 0.512 e. The molecule has 0 fully saturated rings. The Hall–Kier alpha value is -4.38. The molecular formula is C45H47IrN2O3-. The first-order valence-electron chi connectivity index (χ1n) is 18.0. The topological polar surface area (TPSA) is 76.2 Å². The van der Waals surface area contributed by atoms with E-state index in [4.69, 9.17) is 9.40 Å². The van der Waals surface area contributed by atoms with Gasteiger partial charge in [-0.3, -0.25) is 14.8 Å². The van der Waals surface area contributed by atoms with Crippen molar-refractivity contribution in [2.45, 2.75) is 80.1 Å². The number of hydrogen-bond donors (Lipinski definition) is 1. The van der Waals surface area contributed by atoms with Gasteiger partial charge in [0.15, 0.2) is 5.78 Å². The molecule has 1 N–H and O–H groups in total. The molecule has 0 spiro atoms. The van der Waals surface area contributed by atoms with E-state index in [0.29, 0.717) is 0 Å². The number of hydrogen-bond acceptors (Lipinski definition) is 5. The van der Waals surface area contributed by atoms with Crippen LogP contribution in [0.4, 0.5) is 0 Å². The molecule has 1 radical (unpaired) electrons. The Morgan fingerprint density at radius 1 is 0.843 bits per heavy atom. The van der Waals surface area contributed by atoms with E-state index in [1.807, 2.05) is 66.2 Å². The number of ketones is 1. The maximum absolute atomic E-state index is 12.2. The van der Waals surface area contributed by atoms with Crippen molar-refractivity contribution in [3.63, 3.8) is 0 Å². The van der Waals surface area contributed by atoms with Gasteiger partial charge in [0.05, 0.1) is 0 Å². The number of aliphatic hydroxyl groups is 1. The van der Waals surface area contributed by atoms with Crippen LogP contribution in [0, 0.1) is 16.9 Å². The Morgan fingerprint density at radius 2 is 1.53 bits per heavy atom. The second kappa shape index (κ2) is 15.9. The van der Waals surface area contributed by atoms with Gasteiger partial charge in [-0.2, -0.15) is 0 Å². The number of pyridine rings is 2. The van der Waals surface area contributed by atoms with Crippen LogP contribution in [0.3, 0.4) is 0 Å². The van der Waals surface area contributed by atoms with Crippen LogP contribution in [0.25, 0.3) is 55.3 Å². The zero-order valence-electron chi connectivity index (χ0n) is 30.5. The van der Waals surface area contributed by atoms with Crippen molar-refractivity contribution in [1.29, 1.82) is 0 Å². The number of allylic oxidation sites excluding steroid dienone is 2. The van der Waals surface area contributed by atoms with Gasteiger partial charge in [0, 0.05) is 84.2 Å². The van der Waals surface area contributed by atoms with Crippen molar-refractivity contribution < 1.29 is 34.4 Å². The molecule has 6 heteroatoms. The standard InChI is InChI=1S/C30H19N2O.C15H28O2.Ir/c1-2-6-19(7-3-1)25-17-22(16-21-8-4-5-9-23(21)25)29-30-24(13-15-32-29)28-26-18-31-14-12-20(26)10-11-27(28)33-30;1-7-14(5,8-2)12(16)11-13(17)15(6,9-3)10-4;/h1-9,12-15,17-18H,10-11H2;11,16H,7-10H2,1-6H3;/q-1;;/b;12-11-;. The van der Waals surface area contributed by atoms with Crippen LogP contribution in [-0.4, -0.2) is 20.9 Å². The summed E-state index contributed by atoms with van der Waals surface area (Å²) in [5.74, 6) is 1.30. The summed E-state index contributed by atoms with van der Waals surface area (Å²) in [6.45, 7) is 12.1. The van der Waals surface area contributed by atoms with E-state index in [1.54, 1.807) is 0 Å². The molecule has 0 saturated carbocycles. The molecule has 1 aliphatic rings. The molecule has 0 atom stereocenters. The van der Waals surface area contributed by atoms with E-state index in [-0.39, 0.29) is 42.5 Å². The first kappa shape index (κ1) is 37.9. The predicted molar refractivity (Wildman–Crippen MR) is 205 cm³/mol. The second-order valence-corrected chi connectivity index (χ2v) is 13.9. The van der Waals surface area contributed by atoms with E-state index in [0.717, 1.165) is 77.5 Å². The molecule has 0 unspecified atom stereocenters. The Morgan fingerprint density at radius 3 is 2.24 bits per heavy atom. The molecule has 265 valence electrons. The molecule has 6 aromatic rings. The van der Waals surface area contributed by atoms with Crippen molar-refractivity contribution in [2.24, 2.45) is 10.8 Å². The fraction of sp³-hybridized carbons (Fsp3) is 0.311. The van der Waals surface area contributed by atoms with Gasteiger partial charge in [0.25, 0.3) is 0 Å². The van der Waals surface area contributed by atoms with Gasteiger partial charge < -0.3 is 9.52 Å². The molecule has 1 aliphatic carbocycles. The van der Waals surface area contributed by atoms with Crippen LogP contribution in [0.5, 0.6) is 0 Å². The summed E-state index contributed by atoms with van der Waals surface area (Å²) < 4.78 is 6.48. The fourth-order valence-electron chi connectivity index (χ4n) is 6.75. The van der Waals surface area contributed by atoms with Crippen LogP contribution < -0.4 is 0 Å². The molecule has 0 bridgehead atoms. The Labute approximate surface area is 315 Å². The molecule has 5 nitrogen and oxygen atoms in total. The Balaban J connectivity index is 0.000000242. The third-order valence-corrected chi connectivity index (χ3v) is 11.2. The number of rotatable bonds is 9. The average Bonchev–Trinajstić information content (AvgIpc) is 3.57. The SMILES string of the molecule is CCC(C)(CC)C(=O)/C=C(\O)C(C)(CC)CC.[Ir].[c-]1c(-c2nccc3c4c(oc23)CCc2ccncc2-4)cc(-c2ccccc2)c2ccccc12. The minimum atomic E-state index is -0.337. The monoisotopic (exact) mass is 856 g/mol. The first-order valence-corrected chi connectivity index (χ1v) is 18.0.